The molecular weight excluding hydrogens is 204 g/mol. The zero-order valence-corrected chi connectivity index (χ0v) is 10.2. The van der Waals surface area contributed by atoms with E-state index in [-0.39, 0.29) is 11.9 Å². The van der Waals surface area contributed by atoms with E-state index in [1.807, 2.05) is 45.0 Å². The maximum absolute atomic E-state index is 11.5. The van der Waals surface area contributed by atoms with Crippen molar-refractivity contribution in [3.63, 3.8) is 0 Å². The van der Waals surface area contributed by atoms with E-state index in [9.17, 15) is 4.79 Å². The van der Waals surface area contributed by atoms with Gasteiger partial charge < -0.3 is 9.47 Å². The molecule has 3 nitrogen and oxygen atoms in total. The summed E-state index contributed by atoms with van der Waals surface area (Å²) in [7, 11) is 1.37. The molecule has 1 rings (SSSR count). The number of benzene rings is 1. The maximum Gasteiger partial charge on any atom is 0.347 e. The van der Waals surface area contributed by atoms with Gasteiger partial charge in [0.25, 0.3) is 0 Å². The molecule has 1 aromatic carbocycles. The molecule has 0 fully saturated rings. The van der Waals surface area contributed by atoms with Gasteiger partial charge in [-0.3, -0.25) is 0 Å². The monoisotopic (exact) mass is 222 g/mol. The molecule has 1 aromatic rings. The Kier molecular flexibility index (Phi) is 4.35. The molecule has 3 heteroatoms. The minimum absolute atomic E-state index is 0.0768. The Labute approximate surface area is 96.4 Å². The Balaban J connectivity index is 2.79. The molecule has 0 saturated heterocycles. The zero-order valence-electron chi connectivity index (χ0n) is 10.2. The number of rotatable bonds is 4. The van der Waals surface area contributed by atoms with Gasteiger partial charge in [0.05, 0.1) is 7.11 Å². The van der Waals surface area contributed by atoms with Gasteiger partial charge in [-0.15, -0.1) is 0 Å². The first-order valence-corrected chi connectivity index (χ1v) is 5.35. The summed E-state index contributed by atoms with van der Waals surface area (Å²) >= 11 is 0. The van der Waals surface area contributed by atoms with Crippen molar-refractivity contribution >= 4 is 5.97 Å². The van der Waals surface area contributed by atoms with E-state index in [1.54, 1.807) is 0 Å². The fourth-order valence-corrected chi connectivity index (χ4v) is 1.41. The van der Waals surface area contributed by atoms with Crippen LogP contribution in [0.25, 0.3) is 0 Å². The quantitative estimate of drug-likeness (QED) is 0.734. The number of aryl methyl sites for hydroxylation is 1. The van der Waals surface area contributed by atoms with Crippen molar-refractivity contribution in [1.29, 1.82) is 0 Å². The highest BCUT2D eigenvalue weighted by atomic mass is 16.6. The summed E-state index contributed by atoms with van der Waals surface area (Å²) in [4.78, 5) is 11.5. The summed E-state index contributed by atoms with van der Waals surface area (Å²) in [5.74, 6) is 0.438. The number of carbonyl (C=O) groups is 1. The van der Waals surface area contributed by atoms with Crippen LogP contribution in [0.4, 0.5) is 0 Å². The Morgan fingerprint density at radius 3 is 2.50 bits per heavy atom. The molecular formula is C13H18O3. The molecule has 0 bridgehead atoms. The molecule has 0 heterocycles. The maximum atomic E-state index is 11.5. The van der Waals surface area contributed by atoms with E-state index >= 15 is 0 Å². The van der Waals surface area contributed by atoms with Crippen LogP contribution in [-0.4, -0.2) is 19.2 Å². The molecule has 0 aliphatic rings. The minimum atomic E-state index is -0.549. The molecule has 1 atom stereocenters. The predicted octanol–water partition coefficient (Wildman–Crippen LogP) is 2.57. The van der Waals surface area contributed by atoms with Crippen LogP contribution in [0.5, 0.6) is 5.75 Å². The van der Waals surface area contributed by atoms with Crippen molar-refractivity contribution in [2.75, 3.05) is 7.11 Å². The first kappa shape index (κ1) is 12.6. The first-order chi connectivity index (χ1) is 7.54. The van der Waals surface area contributed by atoms with Crippen LogP contribution in [0.15, 0.2) is 24.3 Å². The van der Waals surface area contributed by atoms with E-state index in [1.165, 1.54) is 7.11 Å². The summed E-state index contributed by atoms with van der Waals surface area (Å²) < 4.78 is 10.3. The lowest BCUT2D eigenvalue weighted by molar-refractivity contribution is -0.150. The SMILES string of the molecule is COC(=O)C(Oc1cccc(C)c1)C(C)C. The van der Waals surface area contributed by atoms with Gasteiger partial charge in [-0.25, -0.2) is 4.79 Å². The van der Waals surface area contributed by atoms with Gasteiger partial charge in [0.15, 0.2) is 6.10 Å². The van der Waals surface area contributed by atoms with Crippen molar-refractivity contribution < 1.29 is 14.3 Å². The second-order valence-corrected chi connectivity index (χ2v) is 4.12. The van der Waals surface area contributed by atoms with E-state index in [4.69, 9.17) is 9.47 Å². The van der Waals surface area contributed by atoms with Gasteiger partial charge in [-0.2, -0.15) is 0 Å². The highest BCUT2D eigenvalue weighted by molar-refractivity contribution is 5.75. The number of hydrogen-bond acceptors (Lipinski definition) is 3. The number of carbonyl (C=O) groups excluding carboxylic acids is 1. The summed E-state index contributed by atoms with van der Waals surface area (Å²) in [6, 6.07) is 7.62. The second-order valence-electron chi connectivity index (χ2n) is 4.12. The Morgan fingerprint density at radius 2 is 2.00 bits per heavy atom. The van der Waals surface area contributed by atoms with Crippen LogP contribution >= 0.6 is 0 Å². The molecule has 1 unspecified atom stereocenters. The van der Waals surface area contributed by atoms with Crippen molar-refractivity contribution in [1.82, 2.24) is 0 Å². The molecule has 0 aliphatic heterocycles. The van der Waals surface area contributed by atoms with Gasteiger partial charge in [-0.05, 0) is 24.6 Å². The first-order valence-electron chi connectivity index (χ1n) is 5.35. The molecule has 0 N–H and O–H groups in total. The fourth-order valence-electron chi connectivity index (χ4n) is 1.41. The van der Waals surface area contributed by atoms with Crippen molar-refractivity contribution in [2.24, 2.45) is 5.92 Å². The second kappa shape index (κ2) is 5.54. The third-order valence-corrected chi connectivity index (χ3v) is 2.29. The number of hydrogen-bond donors (Lipinski definition) is 0. The summed E-state index contributed by atoms with van der Waals surface area (Å²) in [6.07, 6.45) is -0.549. The Morgan fingerprint density at radius 1 is 1.31 bits per heavy atom. The Hall–Kier alpha value is -1.51. The molecule has 0 radical (unpaired) electrons. The van der Waals surface area contributed by atoms with E-state index < -0.39 is 6.10 Å². The molecule has 16 heavy (non-hydrogen) atoms. The van der Waals surface area contributed by atoms with Crippen molar-refractivity contribution in [2.45, 2.75) is 26.9 Å². The lowest BCUT2D eigenvalue weighted by Crippen LogP contribution is -2.33. The van der Waals surface area contributed by atoms with Crippen LogP contribution in [0, 0.1) is 12.8 Å². The summed E-state index contributed by atoms with van der Waals surface area (Å²) in [6.45, 7) is 5.84. The van der Waals surface area contributed by atoms with Gasteiger partial charge in [0.1, 0.15) is 5.75 Å². The Bertz CT molecular complexity index is 358. The molecule has 0 saturated carbocycles. The molecule has 0 amide bonds. The van der Waals surface area contributed by atoms with Crippen LogP contribution in [-0.2, 0) is 9.53 Å². The van der Waals surface area contributed by atoms with Crippen molar-refractivity contribution in [3.05, 3.63) is 29.8 Å². The third-order valence-electron chi connectivity index (χ3n) is 2.29. The normalized spacial score (nSPS) is 12.3. The highest BCUT2D eigenvalue weighted by Gasteiger charge is 2.24. The van der Waals surface area contributed by atoms with Gasteiger partial charge in [0.2, 0.25) is 0 Å². The average molecular weight is 222 g/mol. The van der Waals surface area contributed by atoms with E-state index in [0.717, 1.165) is 5.56 Å². The van der Waals surface area contributed by atoms with E-state index in [0.29, 0.717) is 5.75 Å². The van der Waals surface area contributed by atoms with Crippen LogP contribution in [0.2, 0.25) is 0 Å². The number of ether oxygens (including phenoxy) is 2. The molecule has 0 spiro atoms. The standard InChI is InChI=1S/C13H18O3/c1-9(2)12(13(14)15-4)16-11-7-5-6-10(3)8-11/h5-9,12H,1-4H3. The van der Waals surface area contributed by atoms with Gasteiger partial charge >= 0.3 is 5.97 Å². The molecule has 88 valence electrons. The summed E-state index contributed by atoms with van der Waals surface area (Å²) in [5.41, 5.74) is 1.10. The van der Waals surface area contributed by atoms with Gasteiger partial charge in [-0.1, -0.05) is 26.0 Å². The highest BCUT2D eigenvalue weighted by Crippen LogP contribution is 2.18. The number of esters is 1. The largest absolute Gasteiger partial charge is 0.478 e. The van der Waals surface area contributed by atoms with Gasteiger partial charge in [0, 0.05) is 5.92 Å². The topological polar surface area (TPSA) is 35.5 Å². The number of methoxy groups -OCH3 is 1. The zero-order chi connectivity index (χ0) is 12.1. The minimum Gasteiger partial charge on any atom is -0.478 e. The molecule has 0 aromatic heterocycles. The average Bonchev–Trinajstić information content (AvgIpc) is 2.24. The summed E-state index contributed by atoms with van der Waals surface area (Å²) in [5, 5.41) is 0. The third kappa shape index (κ3) is 3.26. The van der Waals surface area contributed by atoms with Crippen LogP contribution in [0.1, 0.15) is 19.4 Å². The van der Waals surface area contributed by atoms with E-state index in [2.05, 4.69) is 0 Å². The van der Waals surface area contributed by atoms with Crippen LogP contribution < -0.4 is 4.74 Å². The fraction of sp³-hybridized carbons (Fsp3) is 0.462. The van der Waals surface area contributed by atoms with Crippen molar-refractivity contribution in [3.8, 4) is 5.75 Å². The lowest BCUT2D eigenvalue weighted by Gasteiger charge is -2.20. The lowest BCUT2D eigenvalue weighted by atomic mass is 10.1. The van der Waals surface area contributed by atoms with Crippen LogP contribution in [0.3, 0.4) is 0 Å². The smallest absolute Gasteiger partial charge is 0.347 e. The molecule has 0 aliphatic carbocycles. The predicted molar refractivity (Wildman–Crippen MR) is 62.4 cm³/mol.